The third kappa shape index (κ3) is 5.57. The van der Waals surface area contributed by atoms with Gasteiger partial charge in [0.15, 0.2) is 0 Å². The number of aromatic nitrogens is 3. The Hall–Kier alpha value is -4.46. The zero-order valence-electron chi connectivity index (χ0n) is 17.3. The van der Waals surface area contributed by atoms with Crippen LogP contribution >= 0.6 is 0 Å². The predicted molar refractivity (Wildman–Crippen MR) is 119 cm³/mol. The van der Waals surface area contributed by atoms with E-state index in [2.05, 4.69) is 20.3 Å². The smallest absolute Gasteiger partial charge is 0.338 e. The topological polar surface area (TPSA) is 95.5 Å². The van der Waals surface area contributed by atoms with Gasteiger partial charge in [-0.05, 0) is 55.5 Å². The first-order valence-corrected chi connectivity index (χ1v) is 9.95. The number of nitrogens with one attached hydrogen (secondary N) is 1. The molecular formula is C24H20N4O4. The number of carbonyl (C=O) groups is 1. The summed E-state index contributed by atoms with van der Waals surface area (Å²) in [6, 6.07) is 25.3. The molecule has 0 spiro atoms. The molecule has 160 valence electrons. The molecule has 0 aliphatic rings. The highest BCUT2D eigenvalue weighted by atomic mass is 16.5. The van der Waals surface area contributed by atoms with E-state index >= 15 is 0 Å². The van der Waals surface area contributed by atoms with Crippen LogP contribution in [-0.2, 0) is 4.74 Å². The first kappa shape index (κ1) is 20.8. The lowest BCUT2D eigenvalue weighted by molar-refractivity contribution is 0.0526. The van der Waals surface area contributed by atoms with Gasteiger partial charge in [0.2, 0.25) is 5.95 Å². The fourth-order valence-electron chi connectivity index (χ4n) is 2.71. The van der Waals surface area contributed by atoms with E-state index in [1.165, 1.54) is 0 Å². The number of ether oxygens (including phenoxy) is 3. The second kappa shape index (κ2) is 10.0. The van der Waals surface area contributed by atoms with Crippen molar-refractivity contribution in [2.75, 3.05) is 11.9 Å². The van der Waals surface area contributed by atoms with Crippen molar-refractivity contribution in [3.05, 3.63) is 90.5 Å². The summed E-state index contributed by atoms with van der Waals surface area (Å²) in [5, 5.41) is 3.08. The van der Waals surface area contributed by atoms with Gasteiger partial charge in [-0.1, -0.05) is 36.4 Å². The van der Waals surface area contributed by atoms with Crippen molar-refractivity contribution in [1.29, 1.82) is 0 Å². The van der Waals surface area contributed by atoms with Gasteiger partial charge in [0, 0.05) is 5.69 Å². The zero-order valence-corrected chi connectivity index (χ0v) is 17.3. The molecule has 0 aliphatic carbocycles. The number of anilines is 2. The molecule has 1 aromatic heterocycles. The van der Waals surface area contributed by atoms with E-state index < -0.39 is 0 Å². The van der Waals surface area contributed by atoms with Crippen molar-refractivity contribution >= 4 is 17.6 Å². The quantitative estimate of drug-likeness (QED) is 0.374. The van der Waals surface area contributed by atoms with Gasteiger partial charge in [0.1, 0.15) is 11.5 Å². The van der Waals surface area contributed by atoms with Gasteiger partial charge in [-0.3, -0.25) is 0 Å². The van der Waals surface area contributed by atoms with Crippen LogP contribution in [0.1, 0.15) is 17.3 Å². The molecule has 0 unspecified atom stereocenters. The molecule has 0 fully saturated rings. The van der Waals surface area contributed by atoms with E-state index in [4.69, 9.17) is 14.2 Å². The van der Waals surface area contributed by atoms with Crippen LogP contribution in [0.25, 0.3) is 0 Å². The van der Waals surface area contributed by atoms with Crippen molar-refractivity contribution < 1.29 is 19.0 Å². The highest BCUT2D eigenvalue weighted by Crippen LogP contribution is 2.25. The highest BCUT2D eigenvalue weighted by molar-refractivity contribution is 5.89. The molecule has 4 aromatic rings. The van der Waals surface area contributed by atoms with Gasteiger partial charge in [-0.2, -0.15) is 9.97 Å². The second-order valence-corrected chi connectivity index (χ2v) is 6.48. The Morgan fingerprint density at radius 1 is 0.750 bits per heavy atom. The van der Waals surface area contributed by atoms with E-state index in [1.54, 1.807) is 55.5 Å². The molecule has 0 radical (unpaired) electrons. The second-order valence-electron chi connectivity index (χ2n) is 6.48. The Balaban J connectivity index is 1.59. The summed E-state index contributed by atoms with van der Waals surface area (Å²) in [5.74, 6) is 1.00. The summed E-state index contributed by atoms with van der Waals surface area (Å²) in [7, 11) is 0. The maximum atomic E-state index is 11.8. The van der Waals surface area contributed by atoms with Crippen LogP contribution in [0.5, 0.6) is 23.5 Å². The number of benzene rings is 3. The molecule has 0 atom stereocenters. The van der Waals surface area contributed by atoms with E-state index in [-0.39, 0.29) is 23.9 Å². The monoisotopic (exact) mass is 428 g/mol. The lowest BCUT2D eigenvalue weighted by atomic mass is 10.2. The molecule has 8 heteroatoms. The Morgan fingerprint density at radius 2 is 1.28 bits per heavy atom. The standard InChI is InChI=1S/C24H20N4O4/c1-2-30-21(29)17-13-15-18(16-14-17)25-22-26-23(31-19-9-5-3-6-10-19)28-24(27-22)32-20-11-7-4-8-12-20/h3-16H,2H2,1H3,(H,25,26,27,28). The molecule has 0 aliphatic heterocycles. The average Bonchev–Trinajstić information content (AvgIpc) is 2.81. The van der Waals surface area contributed by atoms with Crippen LogP contribution in [0.2, 0.25) is 0 Å². The molecule has 0 bridgehead atoms. The lowest BCUT2D eigenvalue weighted by Gasteiger charge is -2.10. The van der Waals surface area contributed by atoms with Crippen molar-refractivity contribution in [2.45, 2.75) is 6.92 Å². The van der Waals surface area contributed by atoms with Crippen LogP contribution < -0.4 is 14.8 Å². The number of nitrogens with zero attached hydrogens (tertiary/aromatic N) is 3. The molecule has 32 heavy (non-hydrogen) atoms. The molecule has 0 amide bonds. The largest absolute Gasteiger partial charge is 0.462 e. The number of hydrogen-bond donors (Lipinski definition) is 1. The fraction of sp³-hybridized carbons (Fsp3) is 0.0833. The van der Waals surface area contributed by atoms with Crippen LogP contribution in [0.15, 0.2) is 84.9 Å². The molecule has 4 rings (SSSR count). The Kier molecular flexibility index (Phi) is 6.52. The van der Waals surface area contributed by atoms with Crippen molar-refractivity contribution in [1.82, 2.24) is 15.0 Å². The molecule has 1 heterocycles. The van der Waals surface area contributed by atoms with Crippen LogP contribution in [0, 0.1) is 0 Å². The highest BCUT2D eigenvalue weighted by Gasteiger charge is 2.12. The Morgan fingerprint density at radius 3 is 1.78 bits per heavy atom. The Bertz CT molecular complexity index is 1110. The summed E-state index contributed by atoms with van der Waals surface area (Å²) in [4.78, 5) is 24.7. The number of hydrogen-bond acceptors (Lipinski definition) is 8. The first-order valence-electron chi connectivity index (χ1n) is 9.95. The van der Waals surface area contributed by atoms with Gasteiger partial charge < -0.3 is 19.5 Å². The van der Waals surface area contributed by atoms with Gasteiger partial charge >= 0.3 is 18.0 Å². The van der Waals surface area contributed by atoms with E-state index in [1.807, 2.05) is 36.4 Å². The van der Waals surface area contributed by atoms with Crippen LogP contribution in [-0.4, -0.2) is 27.5 Å². The van der Waals surface area contributed by atoms with Gasteiger partial charge in [-0.15, -0.1) is 4.98 Å². The SMILES string of the molecule is CCOC(=O)c1ccc(Nc2nc(Oc3ccccc3)nc(Oc3ccccc3)n2)cc1. The van der Waals surface area contributed by atoms with Gasteiger partial charge in [0.25, 0.3) is 0 Å². The Labute approximate surface area is 184 Å². The van der Waals surface area contributed by atoms with E-state index in [9.17, 15) is 4.79 Å². The normalized spacial score (nSPS) is 10.3. The molecular weight excluding hydrogens is 408 g/mol. The van der Waals surface area contributed by atoms with E-state index in [0.29, 0.717) is 29.4 Å². The molecule has 0 saturated carbocycles. The summed E-state index contributed by atoms with van der Waals surface area (Å²) in [5.41, 5.74) is 1.12. The minimum Gasteiger partial charge on any atom is -0.462 e. The zero-order chi connectivity index (χ0) is 22.2. The molecule has 8 nitrogen and oxygen atoms in total. The van der Waals surface area contributed by atoms with Crippen molar-refractivity contribution in [3.63, 3.8) is 0 Å². The van der Waals surface area contributed by atoms with Gasteiger partial charge in [0.05, 0.1) is 12.2 Å². The summed E-state index contributed by atoms with van der Waals surface area (Å²) < 4.78 is 16.5. The number of rotatable bonds is 8. The maximum Gasteiger partial charge on any atom is 0.338 e. The number of esters is 1. The van der Waals surface area contributed by atoms with Crippen molar-refractivity contribution in [3.8, 4) is 23.5 Å². The lowest BCUT2D eigenvalue weighted by Crippen LogP contribution is -2.05. The summed E-state index contributed by atoms with van der Waals surface area (Å²) in [6.07, 6.45) is 0. The summed E-state index contributed by atoms with van der Waals surface area (Å²) in [6.45, 7) is 2.08. The number of para-hydroxylation sites is 2. The molecule has 1 N–H and O–H groups in total. The van der Waals surface area contributed by atoms with Crippen molar-refractivity contribution in [2.24, 2.45) is 0 Å². The van der Waals surface area contributed by atoms with Crippen LogP contribution in [0.3, 0.4) is 0 Å². The average molecular weight is 428 g/mol. The molecule has 3 aromatic carbocycles. The minimum absolute atomic E-state index is 0.0720. The van der Waals surface area contributed by atoms with E-state index in [0.717, 1.165) is 0 Å². The predicted octanol–water partition coefficient (Wildman–Crippen LogP) is 5.38. The first-order chi connectivity index (χ1) is 15.7. The third-order valence-electron chi connectivity index (χ3n) is 4.15. The van der Waals surface area contributed by atoms with Crippen LogP contribution in [0.4, 0.5) is 11.6 Å². The third-order valence-corrected chi connectivity index (χ3v) is 4.15. The summed E-state index contributed by atoms with van der Waals surface area (Å²) >= 11 is 0. The number of carbonyl (C=O) groups excluding carboxylic acids is 1. The fourth-order valence-corrected chi connectivity index (χ4v) is 2.71. The van der Waals surface area contributed by atoms with Gasteiger partial charge in [-0.25, -0.2) is 4.79 Å². The minimum atomic E-state index is -0.378. The molecule has 0 saturated heterocycles. The maximum absolute atomic E-state index is 11.8.